The topological polar surface area (TPSA) is 113 Å². The number of rotatable bonds is 2. The minimum Gasteiger partial charge on any atom is -0.458 e. The van der Waals surface area contributed by atoms with Crippen molar-refractivity contribution in [3.05, 3.63) is 21.7 Å². The molecule has 7 nitrogen and oxygen atoms in total. The maximum Gasteiger partial charge on any atom is 0.307 e. The summed E-state index contributed by atoms with van der Waals surface area (Å²) in [6.45, 7) is 13.0. The van der Waals surface area contributed by atoms with Crippen molar-refractivity contribution in [3.63, 3.8) is 0 Å². The Morgan fingerprint density at radius 3 is 2.61 bits per heavy atom. The van der Waals surface area contributed by atoms with Gasteiger partial charge in [0.05, 0.1) is 46.9 Å². The zero-order valence-corrected chi connectivity index (χ0v) is 23.4. The fraction of sp³-hybridized carbons (Fsp3) is 0.714. The van der Waals surface area contributed by atoms with Crippen molar-refractivity contribution in [1.82, 2.24) is 4.98 Å². The minimum absolute atomic E-state index is 0.0485. The second-order valence-corrected chi connectivity index (χ2v) is 12.5. The number of ketones is 1. The molecule has 2 aliphatic heterocycles. The van der Waals surface area contributed by atoms with E-state index >= 15 is 0 Å². The van der Waals surface area contributed by atoms with E-state index in [2.05, 4.69) is 18.0 Å². The van der Waals surface area contributed by atoms with Crippen molar-refractivity contribution in [2.45, 2.75) is 104 Å². The van der Waals surface area contributed by atoms with Crippen LogP contribution in [0, 0.1) is 41.4 Å². The Hall–Kier alpha value is -2.08. The average molecular weight is 517 g/mol. The second-order valence-electron chi connectivity index (χ2n) is 11.4. The van der Waals surface area contributed by atoms with E-state index in [1.807, 2.05) is 32.2 Å². The molecule has 0 radical (unpaired) electrons. The van der Waals surface area contributed by atoms with Crippen molar-refractivity contribution >= 4 is 29.2 Å². The number of ether oxygens (including phenoxy) is 2. The van der Waals surface area contributed by atoms with Crippen LogP contribution in [0.5, 0.6) is 0 Å². The monoisotopic (exact) mass is 516 g/mol. The van der Waals surface area contributed by atoms with Crippen LogP contribution in [-0.4, -0.2) is 45.8 Å². The summed E-state index contributed by atoms with van der Waals surface area (Å²) in [6, 6.07) is 2.16. The van der Waals surface area contributed by atoms with Gasteiger partial charge in [0.25, 0.3) is 0 Å². The lowest BCUT2D eigenvalue weighted by Gasteiger charge is -2.34. The van der Waals surface area contributed by atoms with Gasteiger partial charge in [0.2, 0.25) is 0 Å². The van der Waals surface area contributed by atoms with Crippen LogP contribution in [0.25, 0.3) is 6.08 Å². The summed E-state index contributed by atoms with van der Waals surface area (Å²) in [4.78, 5) is 31.0. The van der Waals surface area contributed by atoms with E-state index in [9.17, 15) is 20.0 Å². The lowest BCUT2D eigenvalue weighted by molar-refractivity contribution is -0.150. The maximum atomic E-state index is 13.4. The molecule has 2 fully saturated rings. The number of carbonyl (C=O) groups excluding carboxylic acids is 2. The summed E-state index contributed by atoms with van der Waals surface area (Å²) in [5.74, 6) is -2.32. The molecule has 2 saturated heterocycles. The molecule has 0 aromatic carbocycles. The molecule has 3 heterocycles. The number of epoxide rings is 1. The van der Waals surface area contributed by atoms with Gasteiger partial charge in [-0.25, -0.2) is 4.98 Å². The Bertz CT molecular complexity index is 1040. The lowest BCUT2D eigenvalue weighted by atomic mass is 9.69. The van der Waals surface area contributed by atoms with Gasteiger partial charge < -0.3 is 14.6 Å². The average Bonchev–Trinajstić information content (AvgIpc) is 3.26. The fourth-order valence-electron chi connectivity index (χ4n) is 5.29. The van der Waals surface area contributed by atoms with Gasteiger partial charge in [-0.3, -0.25) is 9.59 Å². The van der Waals surface area contributed by atoms with Gasteiger partial charge in [-0.15, -0.1) is 11.3 Å². The largest absolute Gasteiger partial charge is 0.458 e. The van der Waals surface area contributed by atoms with Crippen molar-refractivity contribution in [1.29, 1.82) is 5.26 Å². The van der Waals surface area contributed by atoms with E-state index in [1.165, 1.54) is 0 Å². The zero-order valence-electron chi connectivity index (χ0n) is 22.5. The predicted molar refractivity (Wildman–Crippen MR) is 139 cm³/mol. The van der Waals surface area contributed by atoms with Crippen molar-refractivity contribution in [2.75, 3.05) is 0 Å². The quantitative estimate of drug-likeness (QED) is 0.421. The first-order valence-electron chi connectivity index (χ1n) is 12.9. The fourth-order valence-corrected chi connectivity index (χ4v) is 5.86. The Morgan fingerprint density at radius 1 is 1.31 bits per heavy atom. The Labute approximate surface area is 218 Å². The normalized spacial score (nSPS) is 36.5. The molecular formula is C28H40N2O5S. The highest BCUT2D eigenvalue weighted by atomic mass is 32.1. The number of hydrogen-bond acceptors (Lipinski definition) is 8. The Balaban J connectivity index is 1.89. The maximum absolute atomic E-state index is 13.4. The molecule has 198 valence electrons. The minimum atomic E-state index is -1.11. The molecule has 0 spiro atoms. The number of aryl methyl sites for hydroxylation is 1. The number of nitrogens with zero attached hydrogens (tertiary/aromatic N) is 2. The van der Waals surface area contributed by atoms with E-state index in [0.29, 0.717) is 6.42 Å². The summed E-state index contributed by atoms with van der Waals surface area (Å²) in [5, 5.41) is 23.7. The van der Waals surface area contributed by atoms with Crippen LogP contribution in [0.2, 0.25) is 0 Å². The van der Waals surface area contributed by atoms with Gasteiger partial charge in [0, 0.05) is 23.1 Å². The molecule has 3 rings (SSSR count). The number of cyclic esters (lactones) is 1. The lowest BCUT2D eigenvalue weighted by Crippen LogP contribution is -2.43. The zero-order chi connectivity index (χ0) is 26.8. The number of carbonyl (C=O) groups is 2. The molecule has 36 heavy (non-hydrogen) atoms. The second kappa shape index (κ2) is 11.1. The van der Waals surface area contributed by atoms with Gasteiger partial charge in [0.15, 0.2) is 0 Å². The van der Waals surface area contributed by atoms with Crippen molar-refractivity contribution < 1.29 is 24.2 Å². The molecule has 0 amide bonds. The smallest absolute Gasteiger partial charge is 0.307 e. The SMILES string of the molecule is C/C(=C\c1csc(C)n1)[C@@H]1C[C@@H]2OC2(C)CCC[C@H](C)[C@H](O)[C@@H](C)C(=O)C(C)(C)C(C#N)CC(=O)O1. The van der Waals surface area contributed by atoms with Gasteiger partial charge in [0.1, 0.15) is 11.9 Å². The summed E-state index contributed by atoms with van der Waals surface area (Å²) < 4.78 is 12.0. The number of aromatic nitrogens is 1. The van der Waals surface area contributed by atoms with Crippen LogP contribution >= 0.6 is 11.3 Å². The Kier molecular flexibility index (Phi) is 8.80. The number of aliphatic hydroxyl groups excluding tert-OH is 1. The van der Waals surface area contributed by atoms with E-state index in [-0.39, 0.29) is 29.8 Å². The standard InChI is InChI=1S/C28H40N2O5S/c1-16-9-8-10-28(7)23(35-28)13-22(17(2)11-21-15-36-19(4)30-21)34-24(31)12-20(14-29)27(5,6)26(33)18(3)25(16)32/h11,15-16,18,20,22-23,25,32H,8-10,12-13H2,1-7H3/b17-11+/t16-,18+,20?,22-,23-,25-,28?/m0/s1. The third-order valence-electron chi connectivity index (χ3n) is 8.13. The van der Waals surface area contributed by atoms with E-state index < -0.39 is 35.4 Å². The van der Waals surface area contributed by atoms with E-state index in [0.717, 1.165) is 35.5 Å². The summed E-state index contributed by atoms with van der Waals surface area (Å²) in [5.41, 5.74) is 0.270. The number of fused-ring (bicyclic) bond motifs is 1. The van der Waals surface area contributed by atoms with Crippen molar-refractivity contribution in [3.8, 4) is 6.07 Å². The molecule has 7 atom stereocenters. The molecule has 0 saturated carbocycles. The van der Waals surface area contributed by atoms with Gasteiger partial charge in [-0.1, -0.05) is 34.1 Å². The molecule has 1 aromatic rings. The molecule has 2 aliphatic rings. The van der Waals surface area contributed by atoms with Crippen LogP contribution in [-0.2, 0) is 19.1 Å². The van der Waals surface area contributed by atoms with Gasteiger partial charge in [-0.2, -0.15) is 5.26 Å². The number of nitriles is 1. The third-order valence-corrected chi connectivity index (χ3v) is 8.92. The van der Waals surface area contributed by atoms with E-state index in [1.54, 1.807) is 32.1 Å². The highest BCUT2D eigenvalue weighted by Crippen LogP contribution is 2.45. The third kappa shape index (κ3) is 6.42. The van der Waals surface area contributed by atoms with Crippen LogP contribution in [0.1, 0.15) is 84.3 Å². The van der Waals surface area contributed by atoms with Crippen LogP contribution in [0.3, 0.4) is 0 Å². The van der Waals surface area contributed by atoms with Gasteiger partial charge in [-0.05, 0) is 51.2 Å². The summed E-state index contributed by atoms with van der Waals surface area (Å²) >= 11 is 1.56. The molecule has 8 heteroatoms. The van der Waals surface area contributed by atoms with E-state index in [4.69, 9.17) is 9.47 Å². The molecule has 2 unspecified atom stereocenters. The van der Waals surface area contributed by atoms with Crippen LogP contribution < -0.4 is 0 Å². The molecule has 1 aromatic heterocycles. The summed E-state index contributed by atoms with van der Waals surface area (Å²) in [7, 11) is 0. The first-order chi connectivity index (χ1) is 16.8. The number of aliphatic hydroxyl groups is 1. The molecule has 0 bridgehead atoms. The number of esters is 1. The Morgan fingerprint density at radius 2 is 2.00 bits per heavy atom. The molecule has 1 N–H and O–H groups in total. The van der Waals surface area contributed by atoms with Gasteiger partial charge >= 0.3 is 5.97 Å². The number of Topliss-reactive ketones (excluding diaryl/α,β-unsaturated/α-hetero) is 1. The highest BCUT2D eigenvalue weighted by Gasteiger charge is 2.53. The van der Waals surface area contributed by atoms with Crippen molar-refractivity contribution in [2.24, 2.45) is 23.2 Å². The number of thiazole rings is 1. The summed E-state index contributed by atoms with van der Waals surface area (Å²) in [6.07, 6.45) is 3.32. The molecular weight excluding hydrogens is 476 g/mol. The highest BCUT2D eigenvalue weighted by molar-refractivity contribution is 7.09. The first kappa shape index (κ1) is 28.5. The first-order valence-corrected chi connectivity index (χ1v) is 13.8. The van der Waals surface area contributed by atoms with Crippen LogP contribution in [0.15, 0.2) is 11.0 Å². The van der Waals surface area contributed by atoms with Crippen LogP contribution in [0.4, 0.5) is 0 Å². The number of hydrogen-bond donors (Lipinski definition) is 1. The predicted octanol–water partition coefficient (Wildman–Crippen LogP) is 5.26. The molecule has 0 aliphatic carbocycles.